The standard InChI is InChI=1S/C10H9ClO2S/c1-2-5-14-7-3-4-9(11)8(6-7)10(12)13/h2-4,6H,1,5H2,(H,12,13). The van der Waals surface area contributed by atoms with E-state index in [9.17, 15) is 4.79 Å². The Morgan fingerprint density at radius 2 is 2.36 bits per heavy atom. The number of carboxylic acids is 1. The fourth-order valence-corrected chi connectivity index (χ4v) is 1.79. The third kappa shape index (κ3) is 2.79. The molecule has 1 aromatic carbocycles. The molecule has 0 aliphatic carbocycles. The predicted octanol–water partition coefficient (Wildman–Crippen LogP) is 3.32. The zero-order valence-electron chi connectivity index (χ0n) is 7.37. The maximum absolute atomic E-state index is 10.7. The highest BCUT2D eigenvalue weighted by Crippen LogP contribution is 2.24. The van der Waals surface area contributed by atoms with Crippen molar-refractivity contribution in [3.05, 3.63) is 41.4 Å². The summed E-state index contributed by atoms with van der Waals surface area (Å²) < 4.78 is 0. The van der Waals surface area contributed by atoms with Crippen molar-refractivity contribution in [2.45, 2.75) is 4.90 Å². The Kier molecular flexibility index (Phi) is 4.04. The summed E-state index contributed by atoms with van der Waals surface area (Å²) >= 11 is 7.24. The van der Waals surface area contributed by atoms with Gasteiger partial charge in [0, 0.05) is 10.6 Å². The van der Waals surface area contributed by atoms with Gasteiger partial charge in [-0.3, -0.25) is 0 Å². The molecule has 4 heteroatoms. The molecule has 0 heterocycles. The van der Waals surface area contributed by atoms with Crippen LogP contribution < -0.4 is 0 Å². The average Bonchev–Trinajstić information content (AvgIpc) is 2.16. The molecule has 0 amide bonds. The molecule has 0 aliphatic rings. The quantitative estimate of drug-likeness (QED) is 0.635. The van der Waals surface area contributed by atoms with Crippen molar-refractivity contribution in [1.82, 2.24) is 0 Å². The highest BCUT2D eigenvalue weighted by Gasteiger charge is 2.08. The first-order valence-corrected chi connectivity index (χ1v) is 5.28. The molecule has 0 fully saturated rings. The lowest BCUT2D eigenvalue weighted by atomic mass is 10.2. The first-order chi connectivity index (χ1) is 6.65. The van der Waals surface area contributed by atoms with E-state index >= 15 is 0 Å². The molecule has 2 nitrogen and oxygen atoms in total. The van der Waals surface area contributed by atoms with Crippen LogP contribution in [0.2, 0.25) is 5.02 Å². The van der Waals surface area contributed by atoms with Crippen molar-refractivity contribution >= 4 is 29.3 Å². The molecule has 1 N–H and O–H groups in total. The summed E-state index contributed by atoms with van der Waals surface area (Å²) in [5, 5.41) is 9.07. The second kappa shape index (κ2) is 5.08. The highest BCUT2D eigenvalue weighted by atomic mass is 35.5. The minimum Gasteiger partial charge on any atom is -0.478 e. The fourth-order valence-electron chi connectivity index (χ4n) is 0.913. The number of rotatable bonds is 4. The molecule has 0 spiro atoms. The number of carboxylic acid groups (broad SMARTS) is 1. The third-order valence-corrected chi connectivity index (χ3v) is 2.86. The van der Waals surface area contributed by atoms with Crippen LogP contribution in [0.3, 0.4) is 0 Å². The fraction of sp³-hybridized carbons (Fsp3) is 0.100. The van der Waals surface area contributed by atoms with Gasteiger partial charge >= 0.3 is 5.97 Å². The largest absolute Gasteiger partial charge is 0.478 e. The highest BCUT2D eigenvalue weighted by molar-refractivity contribution is 7.99. The van der Waals surface area contributed by atoms with Gasteiger partial charge < -0.3 is 5.11 Å². The lowest BCUT2D eigenvalue weighted by Gasteiger charge is -2.02. The molecule has 14 heavy (non-hydrogen) atoms. The molecule has 74 valence electrons. The summed E-state index contributed by atoms with van der Waals surface area (Å²) in [6.07, 6.45) is 1.76. The van der Waals surface area contributed by atoms with E-state index in [0.717, 1.165) is 10.6 Å². The Morgan fingerprint density at radius 3 is 2.93 bits per heavy atom. The van der Waals surface area contributed by atoms with Crippen LogP contribution in [0.4, 0.5) is 0 Å². The molecule has 0 unspecified atom stereocenters. The number of halogens is 1. The average molecular weight is 229 g/mol. The normalized spacial score (nSPS) is 9.79. The summed E-state index contributed by atoms with van der Waals surface area (Å²) in [7, 11) is 0. The Hall–Kier alpha value is -0.930. The van der Waals surface area contributed by atoms with Gasteiger partial charge in [-0.15, -0.1) is 18.3 Å². The Morgan fingerprint density at radius 1 is 1.64 bits per heavy atom. The van der Waals surface area contributed by atoms with Crippen LogP contribution in [0.1, 0.15) is 10.4 Å². The summed E-state index contributed by atoms with van der Waals surface area (Å²) in [5.41, 5.74) is 0.140. The van der Waals surface area contributed by atoms with E-state index in [1.54, 1.807) is 24.3 Å². The Bertz CT molecular complexity index is 363. The van der Waals surface area contributed by atoms with Gasteiger partial charge in [0.25, 0.3) is 0 Å². The topological polar surface area (TPSA) is 37.3 Å². The second-order valence-electron chi connectivity index (χ2n) is 2.55. The van der Waals surface area contributed by atoms with Crippen LogP contribution in [-0.4, -0.2) is 16.8 Å². The zero-order chi connectivity index (χ0) is 10.6. The van der Waals surface area contributed by atoms with Gasteiger partial charge in [-0.25, -0.2) is 4.79 Å². The lowest BCUT2D eigenvalue weighted by Crippen LogP contribution is -1.97. The molecule has 0 aliphatic heterocycles. The number of thioether (sulfide) groups is 1. The maximum Gasteiger partial charge on any atom is 0.337 e. The summed E-state index contributed by atoms with van der Waals surface area (Å²) in [6, 6.07) is 4.96. The van der Waals surface area contributed by atoms with Crippen LogP contribution in [0.25, 0.3) is 0 Å². The van der Waals surface area contributed by atoms with Crippen LogP contribution >= 0.6 is 23.4 Å². The predicted molar refractivity (Wildman–Crippen MR) is 59.3 cm³/mol. The van der Waals surface area contributed by atoms with Gasteiger partial charge in [0.2, 0.25) is 0 Å². The molecule has 1 rings (SSSR count). The van der Waals surface area contributed by atoms with Crippen LogP contribution in [0.15, 0.2) is 35.7 Å². The minimum atomic E-state index is -1.00. The summed E-state index contributed by atoms with van der Waals surface area (Å²) in [4.78, 5) is 11.6. The molecular weight excluding hydrogens is 220 g/mol. The molecule has 0 aromatic heterocycles. The van der Waals surface area contributed by atoms with E-state index in [0.29, 0.717) is 0 Å². The van der Waals surface area contributed by atoms with E-state index in [-0.39, 0.29) is 10.6 Å². The van der Waals surface area contributed by atoms with Crippen LogP contribution in [-0.2, 0) is 0 Å². The van der Waals surface area contributed by atoms with Gasteiger partial charge in [-0.2, -0.15) is 0 Å². The summed E-state index contributed by atoms with van der Waals surface area (Å²) in [6.45, 7) is 3.59. The van der Waals surface area contributed by atoms with Crippen molar-refractivity contribution in [3.63, 3.8) is 0 Å². The maximum atomic E-state index is 10.7. The first-order valence-electron chi connectivity index (χ1n) is 3.91. The second-order valence-corrected chi connectivity index (χ2v) is 4.05. The van der Waals surface area contributed by atoms with Gasteiger partial charge in [0.15, 0.2) is 0 Å². The van der Waals surface area contributed by atoms with E-state index < -0.39 is 5.97 Å². The van der Waals surface area contributed by atoms with Crippen molar-refractivity contribution < 1.29 is 9.90 Å². The Balaban J connectivity index is 2.94. The molecular formula is C10H9ClO2S. The zero-order valence-corrected chi connectivity index (χ0v) is 8.94. The van der Waals surface area contributed by atoms with E-state index in [1.807, 2.05) is 0 Å². The van der Waals surface area contributed by atoms with Crippen LogP contribution in [0, 0.1) is 0 Å². The van der Waals surface area contributed by atoms with E-state index in [2.05, 4.69) is 6.58 Å². The molecule has 0 saturated carbocycles. The Labute approximate surface area is 91.6 Å². The van der Waals surface area contributed by atoms with Gasteiger partial charge in [0.05, 0.1) is 10.6 Å². The van der Waals surface area contributed by atoms with E-state index in [1.165, 1.54) is 11.8 Å². The summed E-state index contributed by atoms with van der Waals surface area (Å²) in [5.74, 6) is -0.253. The van der Waals surface area contributed by atoms with Crippen molar-refractivity contribution in [3.8, 4) is 0 Å². The number of aromatic carboxylic acids is 1. The third-order valence-electron chi connectivity index (χ3n) is 1.54. The smallest absolute Gasteiger partial charge is 0.337 e. The molecule has 0 saturated heterocycles. The van der Waals surface area contributed by atoms with Crippen molar-refractivity contribution in [1.29, 1.82) is 0 Å². The molecule has 0 radical (unpaired) electrons. The van der Waals surface area contributed by atoms with Crippen molar-refractivity contribution in [2.24, 2.45) is 0 Å². The number of carbonyl (C=O) groups is 1. The lowest BCUT2D eigenvalue weighted by molar-refractivity contribution is 0.0697. The molecule has 0 atom stereocenters. The number of hydrogen-bond donors (Lipinski definition) is 1. The molecule has 0 bridgehead atoms. The number of hydrogen-bond acceptors (Lipinski definition) is 2. The van der Waals surface area contributed by atoms with Crippen LogP contribution in [0.5, 0.6) is 0 Å². The van der Waals surface area contributed by atoms with Crippen molar-refractivity contribution in [2.75, 3.05) is 5.75 Å². The first kappa shape index (κ1) is 11.1. The van der Waals surface area contributed by atoms with Gasteiger partial charge in [0.1, 0.15) is 0 Å². The SMILES string of the molecule is C=CCSc1ccc(Cl)c(C(=O)O)c1. The number of benzene rings is 1. The monoisotopic (exact) mass is 228 g/mol. The minimum absolute atomic E-state index is 0.140. The molecule has 1 aromatic rings. The van der Waals surface area contributed by atoms with E-state index in [4.69, 9.17) is 16.7 Å². The van der Waals surface area contributed by atoms with Gasteiger partial charge in [-0.1, -0.05) is 17.7 Å². The van der Waals surface area contributed by atoms with Gasteiger partial charge in [-0.05, 0) is 18.2 Å².